The van der Waals surface area contributed by atoms with E-state index in [4.69, 9.17) is 21.5 Å². The molecule has 1 saturated heterocycles. The third kappa shape index (κ3) is 5.73. The molecule has 8 heteroatoms. The maximum absolute atomic E-state index is 10.6. The van der Waals surface area contributed by atoms with Crippen LogP contribution in [0, 0.1) is 0 Å². The summed E-state index contributed by atoms with van der Waals surface area (Å²) >= 11 is 6.01. The molecular formula is C14H18ClF3N2O2. The van der Waals surface area contributed by atoms with Crippen molar-refractivity contribution in [1.82, 2.24) is 5.32 Å². The van der Waals surface area contributed by atoms with Gasteiger partial charge in [-0.25, -0.2) is 4.79 Å². The van der Waals surface area contributed by atoms with Crippen LogP contribution < -0.4 is 10.2 Å². The van der Waals surface area contributed by atoms with Crippen molar-refractivity contribution in [3.05, 3.63) is 29.3 Å². The Kier molecular flexibility index (Phi) is 6.96. The number of rotatable bonds is 2. The van der Waals surface area contributed by atoms with Gasteiger partial charge in [-0.05, 0) is 24.6 Å². The number of nitrogens with one attached hydrogen (secondary N) is 1. The van der Waals surface area contributed by atoms with Crippen LogP contribution in [-0.2, 0) is 4.79 Å². The zero-order chi connectivity index (χ0) is 16.8. The van der Waals surface area contributed by atoms with Crippen molar-refractivity contribution in [2.45, 2.75) is 25.6 Å². The summed E-state index contributed by atoms with van der Waals surface area (Å²) < 4.78 is 31.7. The van der Waals surface area contributed by atoms with Crippen LogP contribution in [0.5, 0.6) is 0 Å². The molecule has 22 heavy (non-hydrogen) atoms. The summed E-state index contributed by atoms with van der Waals surface area (Å²) in [5.74, 6) is -2.76. The van der Waals surface area contributed by atoms with Gasteiger partial charge in [-0.2, -0.15) is 13.2 Å². The zero-order valence-corrected chi connectivity index (χ0v) is 12.8. The van der Waals surface area contributed by atoms with E-state index >= 15 is 0 Å². The van der Waals surface area contributed by atoms with E-state index in [1.54, 1.807) is 0 Å². The number of alkyl halides is 3. The molecule has 0 amide bonds. The molecule has 0 saturated carbocycles. The Hall–Kier alpha value is -1.47. The molecule has 1 heterocycles. The maximum atomic E-state index is 10.6. The second kappa shape index (κ2) is 8.24. The van der Waals surface area contributed by atoms with Gasteiger partial charge in [-0.1, -0.05) is 24.6 Å². The van der Waals surface area contributed by atoms with Gasteiger partial charge >= 0.3 is 12.1 Å². The van der Waals surface area contributed by atoms with Crippen molar-refractivity contribution in [2.75, 3.05) is 24.5 Å². The average molecular weight is 339 g/mol. The molecule has 0 radical (unpaired) electrons. The highest BCUT2D eigenvalue weighted by atomic mass is 35.5. The summed E-state index contributed by atoms with van der Waals surface area (Å²) in [5.41, 5.74) is 1.25. The molecule has 1 aliphatic heterocycles. The highest BCUT2D eigenvalue weighted by molar-refractivity contribution is 6.30. The van der Waals surface area contributed by atoms with Crippen LogP contribution in [-0.4, -0.2) is 42.9 Å². The van der Waals surface area contributed by atoms with Crippen LogP contribution in [0.4, 0.5) is 18.9 Å². The molecule has 0 bridgehead atoms. The van der Waals surface area contributed by atoms with Crippen molar-refractivity contribution in [2.24, 2.45) is 0 Å². The van der Waals surface area contributed by atoms with E-state index in [0.29, 0.717) is 6.04 Å². The van der Waals surface area contributed by atoms with Crippen LogP contribution in [0.2, 0.25) is 5.02 Å². The van der Waals surface area contributed by atoms with Crippen molar-refractivity contribution in [3.63, 3.8) is 0 Å². The predicted octanol–water partition coefficient (Wildman–Crippen LogP) is 3.16. The first kappa shape index (κ1) is 18.6. The van der Waals surface area contributed by atoms with Gasteiger partial charge in [0.1, 0.15) is 0 Å². The Labute approximate surface area is 131 Å². The molecule has 2 rings (SSSR count). The lowest BCUT2D eigenvalue weighted by atomic mass is 10.1. The quantitative estimate of drug-likeness (QED) is 0.869. The second-order valence-corrected chi connectivity index (χ2v) is 5.18. The van der Waals surface area contributed by atoms with Gasteiger partial charge in [0, 0.05) is 36.4 Å². The monoisotopic (exact) mass is 338 g/mol. The van der Waals surface area contributed by atoms with E-state index in [1.165, 1.54) is 12.1 Å². The molecule has 1 aromatic rings. The van der Waals surface area contributed by atoms with E-state index in [1.807, 2.05) is 12.1 Å². The molecule has 0 aliphatic carbocycles. The number of aliphatic carboxylic acids is 1. The highest BCUT2D eigenvalue weighted by Gasteiger charge is 2.38. The molecule has 1 fully saturated rings. The summed E-state index contributed by atoms with van der Waals surface area (Å²) in [6, 6.07) is 8.73. The van der Waals surface area contributed by atoms with Crippen molar-refractivity contribution in [1.29, 1.82) is 0 Å². The van der Waals surface area contributed by atoms with Gasteiger partial charge in [-0.15, -0.1) is 0 Å². The highest BCUT2D eigenvalue weighted by Crippen LogP contribution is 2.23. The third-order valence-electron chi connectivity index (χ3n) is 3.20. The molecule has 2 N–H and O–H groups in total. The lowest BCUT2D eigenvalue weighted by Crippen LogP contribution is -2.51. The Morgan fingerprint density at radius 2 is 2.14 bits per heavy atom. The van der Waals surface area contributed by atoms with E-state index in [-0.39, 0.29) is 0 Å². The Morgan fingerprint density at radius 1 is 1.50 bits per heavy atom. The van der Waals surface area contributed by atoms with Crippen molar-refractivity contribution >= 4 is 23.3 Å². The SMILES string of the molecule is CCC1CNCCN1c1cccc(Cl)c1.O=C(O)C(F)(F)F. The first-order chi connectivity index (χ1) is 10.3. The Bertz CT molecular complexity index is 497. The lowest BCUT2D eigenvalue weighted by molar-refractivity contribution is -0.192. The fraction of sp³-hybridized carbons (Fsp3) is 0.500. The largest absolute Gasteiger partial charge is 0.490 e. The molecule has 1 atom stereocenters. The number of benzene rings is 1. The minimum Gasteiger partial charge on any atom is -0.475 e. The van der Waals surface area contributed by atoms with Crippen LogP contribution in [0.15, 0.2) is 24.3 Å². The predicted molar refractivity (Wildman–Crippen MR) is 79.4 cm³/mol. The van der Waals surface area contributed by atoms with Gasteiger partial charge in [0.15, 0.2) is 0 Å². The molecule has 1 aromatic carbocycles. The number of nitrogens with zero attached hydrogens (tertiary/aromatic N) is 1. The smallest absolute Gasteiger partial charge is 0.475 e. The molecule has 0 aromatic heterocycles. The molecule has 124 valence electrons. The summed E-state index contributed by atoms with van der Waals surface area (Å²) in [7, 11) is 0. The van der Waals surface area contributed by atoms with Gasteiger partial charge in [0.25, 0.3) is 0 Å². The minimum atomic E-state index is -5.08. The average Bonchev–Trinajstić information content (AvgIpc) is 2.47. The first-order valence-corrected chi connectivity index (χ1v) is 7.16. The number of carboxylic acids is 1. The van der Waals surface area contributed by atoms with Crippen LogP contribution in [0.1, 0.15) is 13.3 Å². The standard InChI is InChI=1S/C12H17ClN2.C2HF3O2/c1-2-11-9-14-6-7-15(11)12-5-3-4-10(13)8-12;3-2(4,5)1(6)7/h3-5,8,11,14H,2,6-7,9H2,1H3;(H,6,7). The topological polar surface area (TPSA) is 52.6 Å². The second-order valence-electron chi connectivity index (χ2n) is 4.74. The summed E-state index contributed by atoms with van der Waals surface area (Å²) in [6.45, 7) is 5.43. The number of anilines is 1. The van der Waals surface area contributed by atoms with Gasteiger partial charge in [-0.3, -0.25) is 0 Å². The lowest BCUT2D eigenvalue weighted by Gasteiger charge is -2.37. The maximum Gasteiger partial charge on any atom is 0.490 e. The minimum absolute atomic E-state index is 0.595. The summed E-state index contributed by atoms with van der Waals surface area (Å²) in [6.07, 6.45) is -3.92. The number of carbonyl (C=O) groups is 1. The van der Waals surface area contributed by atoms with E-state index in [2.05, 4.69) is 29.3 Å². The van der Waals surface area contributed by atoms with Gasteiger partial charge in [0.2, 0.25) is 0 Å². The number of hydrogen-bond donors (Lipinski definition) is 2. The number of hydrogen-bond acceptors (Lipinski definition) is 3. The van der Waals surface area contributed by atoms with Gasteiger partial charge in [0.05, 0.1) is 0 Å². The molecular weight excluding hydrogens is 321 g/mol. The van der Waals surface area contributed by atoms with Crippen LogP contribution >= 0.6 is 11.6 Å². The molecule has 0 spiro atoms. The molecule has 1 unspecified atom stereocenters. The zero-order valence-electron chi connectivity index (χ0n) is 12.0. The van der Waals surface area contributed by atoms with E-state index in [0.717, 1.165) is 24.7 Å². The molecule has 4 nitrogen and oxygen atoms in total. The van der Waals surface area contributed by atoms with Crippen LogP contribution in [0.3, 0.4) is 0 Å². The number of piperazine rings is 1. The third-order valence-corrected chi connectivity index (χ3v) is 3.44. The summed E-state index contributed by atoms with van der Waals surface area (Å²) in [5, 5.41) is 11.4. The molecule has 1 aliphatic rings. The fourth-order valence-electron chi connectivity index (χ4n) is 2.12. The van der Waals surface area contributed by atoms with Gasteiger partial charge < -0.3 is 15.3 Å². The van der Waals surface area contributed by atoms with E-state index in [9.17, 15) is 13.2 Å². The van der Waals surface area contributed by atoms with Crippen molar-refractivity contribution in [3.8, 4) is 0 Å². The first-order valence-electron chi connectivity index (χ1n) is 6.78. The Morgan fingerprint density at radius 3 is 2.64 bits per heavy atom. The number of carboxylic acid groups (broad SMARTS) is 1. The summed E-state index contributed by atoms with van der Waals surface area (Å²) in [4.78, 5) is 11.3. The van der Waals surface area contributed by atoms with Crippen molar-refractivity contribution < 1.29 is 23.1 Å². The fourth-order valence-corrected chi connectivity index (χ4v) is 2.30. The number of halogens is 4. The van der Waals surface area contributed by atoms with E-state index < -0.39 is 12.1 Å². The normalized spacial score (nSPS) is 18.4. The Balaban J connectivity index is 0.000000295. The van der Waals surface area contributed by atoms with Crippen LogP contribution in [0.25, 0.3) is 0 Å².